The summed E-state index contributed by atoms with van der Waals surface area (Å²) in [5.74, 6) is -0.274. The van der Waals surface area contributed by atoms with Crippen molar-refractivity contribution < 1.29 is 14.3 Å². The molecule has 2 N–H and O–H groups in total. The van der Waals surface area contributed by atoms with Gasteiger partial charge in [0.15, 0.2) is 11.3 Å². The number of likely N-dealkylation sites (tertiary alicyclic amines) is 1. The van der Waals surface area contributed by atoms with Crippen LogP contribution in [0, 0.1) is 18.7 Å². The number of nitrogens with zero attached hydrogens (tertiary/aromatic N) is 5. The Balaban J connectivity index is 1.66. The summed E-state index contributed by atoms with van der Waals surface area (Å²) in [7, 11) is 0. The Bertz CT molecular complexity index is 1060. The number of nitrogens with one attached hydrogen (secondary N) is 1. The van der Waals surface area contributed by atoms with E-state index < -0.39 is 5.82 Å². The van der Waals surface area contributed by atoms with Crippen LogP contribution in [0.15, 0.2) is 18.5 Å². The molecule has 0 saturated carbocycles. The largest absolute Gasteiger partial charge is 0.396 e. The van der Waals surface area contributed by atoms with Gasteiger partial charge in [-0.15, -0.1) is 11.3 Å². The molecule has 0 bridgehead atoms. The molecule has 1 amide bonds. The zero-order valence-electron chi connectivity index (χ0n) is 16.1. The number of carbonyl (C=O) groups excluding carboxylic acids is 1. The molecule has 1 aliphatic rings. The fourth-order valence-corrected chi connectivity index (χ4v) is 4.24. The first-order valence-electron chi connectivity index (χ1n) is 9.37. The van der Waals surface area contributed by atoms with Gasteiger partial charge in [-0.25, -0.2) is 14.4 Å². The average molecular weight is 416 g/mol. The second-order valence-electron chi connectivity index (χ2n) is 7.17. The van der Waals surface area contributed by atoms with Gasteiger partial charge in [-0.1, -0.05) is 0 Å². The molecule has 0 spiro atoms. The van der Waals surface area contributed by atoms with Crippen molar-refractivity contribution in [2.45, 2.75) is 26.3 Å². The van der Waals surface area contributed by atoms with Crippen LogP contribution in [-0.2, 0) is 0 Å². The van der Waals surface area contributed by atoms with Crippen LogP contribution in [0.25, 0.3) is 10.3 Å². The van der Waals surface area contributed by atoms with Gasteiger partial charge in [-0.05, 0) is 31.9 Å². The molecular weight excluding hydrogens is 395 g/mol. The summed E-state index contributed by atoms with van der Waals surface area (Å²) in [4.78, 5) is 32.0. The average Bonchev–Trinajstić information content (AvgIpc) is 3.32. The predicted molar refractivity (Wildman–Crippen MR) is 107 cm³/mol. The summed E-state index contributed by atoms with van der Waals surface area (Å²) >= 11 is 1.38. The Hall–Kier alpha value is -2.72. The minimum atomic E-state index is -0.425. The Morgan fingerprint density at radius 3 is 2.97 bits per heavy atom. The Kier molecular flexibility index (Phi) is 5.37. The molecule has 0 aliphatic carbocycles. The molecule has 0 aromatic carbocycles. The zero-order valence-corrected chi connectivity index (χ0v) is 16.9. The maximum Gasteiger partial charge on any atom is 0.274 e. The third-order valence-electron chi connectivity index (χ3n) is 4.97. The van der Waals surface area contributed by atoms with Crippen molar-refractivity contribution in [1.82, 2.24) is 24.8 Å². The van der Waals surface area contributed by atoms with Gasteiger partial charge in [0.25, 0.3) is 5.91 Å². The first-order chi connectivity index (χ1) is 13.9. The number of aryl methyl sites for hydroxylation is 1. The molecule has 0 radical (unpaired) electrons. The molecule has 1 aliphatic heterocycles. The van der Waals surface area contributed by atoms with E-state index in [-0.39, 0.29) is 30.4 Å². The number of aliphatic hydroxyl groups is 1. The van der Waals surface area contributed by atoms with E-state index in [2.05, 4.69) is 25.3 Å². The number of pyridine rings is 1. The number of aromatic nitrogens is 4. The second-order valence-corrected chi connectivity index (χ2v) is 8.38. The lowest BCUT2D eigenvalue weighted by atomic mass is 10.1. The number of hydrogen-bond acceptors (Lipinski definition) is 8. The van der Waals surface area contributed by atoms with Gasteiger partial charge in [0.2, 0.25) is 5.95 Å². The van der Waals surface area contributed by atoms with Gasteiger partial charge in [0.1, 0.15) is 10.5 Å². The summed E-state index contributed by atoms with van der Waals surface area (Å²) in [6, 6.07) is 1.07. The molecule has 10 heteroatoms. The number of fused-ring (bicyclic) bond motifs is 1. The highest BCUT2D eigenvalue weighted by atomic mass is 32.1. The molecule has 3 aromatic rings. The van der Waals surface area contributed by atoms with Crippen molar-refractivity contribution in [1.29, 1.82) is 0 Å². The van der Waals surface area contributed by atoms with Gasteiger partial charge in [0, 0.05) is 31.8 Å². The fourth-order valence-electron chi connectivity index (χ4n) is 3.40. The van der Waals surface area contributed by atoms with Crippen molar-refractivity contribution in [3.63, 3.8) is 0 Å². The maximum absolute atomic E-state index is 13.5. The zero-order chi connectivity index (χ0) is 20.5. The summed E-state index contributed by atoms with van der Waals surface area (Å²) in [5.41, 5.74) is 1.39. The topological polar surface area (TPSA) is 104 Å². The van der Waals surface area contributed by atoms with Crippen molar-refractivity contribution >= 4 is 33.5 Å². The number of halogens is 1. The molecule has 2 unspecified atom stereocenters. The fraction of sp³-hybridized carbons (Fsp3) is 0.421. The third-order valence-corrected chi connectivity index (χ3v) is 5.93. The van der Waals surface area contributed by atoms with Crippen LogP contribution in [0.2, 0.25) is 0 Å². The second kappa shape index (κ2) is 7.96. The van der Waals surface area contributed by atoms with Crippen LogP contribution >= 0.6 is 11.3 Å². The van der Waals surface area contributed by atoms with Gasteiger partial charge in [-0.3, -0.25) is 9.78 Å². The van der Waals surface area contributed by atoms with E-state index in [9.17, 15) is 14.3 Å². The molecule has 4 rings (SSSR count). The van der Waals surface area contributed by atoms with Gasteiger partial charge in [0.05, 0.1) is 17.2 Å². The van der Waals surface area contributed by atoms with Crippen LogP contribution < -0.4 is 5.32 Å². The van der Waals surface area contributed by atoms with Crippen LogP contribution in [0.3, 0.4) is 0 Å². The first-order valence-corrected chi connectivity index (χ1v) is 10.2. The Morgan fingerprint density at radius 2 is 2.24 bits per heavy atom. The molecule has 152 valence electrons. The van der Waals surface area contributed by atoms with E-state index in [0.29, 0.717) is 34.7 Å². The highest BCUT2D eigenvalue weighted by Crippen LogP contribution is 2.28. The molecule has 1 fully saturated rings. The molecular formula is C19H21FN6O2S. The van der Waals surface area contributed by atoms with Crippen LogP contribution in [0.4, 0.5) is 10.3 Å². The smallest absolute Gasteiger partial charge is 0.274 e. The molecule has 29 heavy (non-hydrogen) atoms. The van der Waals surface area contributed by atoms with Gasteiger partial charge in [-0.2, -0.15) is 4.98 Å². The normalized spacial score (nSPS) is 17.7. The Morgan fingerprint density at radius 1 is 1.41 bits per heavy atom. The highest BCUT2D eigenvalue weighted by Gasteiger charge is 2.29. The number of rotatable bonds is 5. The standard InChI is InChI=1S/C19H21FN6O2S/c1-10(13-5-14(20)7-21-6-13)22-19-24-15(16-17(25-19)23-11(2)29-16)18(28)26-4-3-12(8-26)9-27/h5-7,10,12,27H,3-4,8-9H2,1-2H3,(H,22,24,25). The molecule has 8 nitrogen and oxygen atoms in total. The predicted octanol–water partition coefficient (Wildman–Crippen LogP) is 2.56. The third kappa shape index (κ3) is 4.03. The number of anilines is 1. The number of amides is 1. The van der Waals surface area contributed by atoms with Crippen LogP contribution in [0.1, 0.15) is 40.4 Å². The lowest BCUT2D eigenvalue weighted by Crippen LogP contribution is -2.30. The quantitative estimate of drug-likeness (QED) is 0.659. The molecule has 1 saturated heterocycles. The highest BCUT2D eigenvalue weighted by molar-refractivity contribution is 7.18. The van der Waals surface area contributed by atoms with E-state index in [1.165, 1.54) is 17.4 Å². The van der Waals surface area contributed by atoms with Crippen molar-refractivity contribution in [2.24, 2.45) is 5.92 Å². The summed E-state index contributed by atoms with van der Waals surface area (Å²) in [6.07, 6.45) is 3.48. The summed E-state index contributed by atoms with van der Waals surface area (Å²) in [6.45, 7) is 4.85. The van der Waals surface area contributed by atoms with Crippen LogP contribution in [0.5, 0.6) is 0 Å². The summed E-state index contributed by atoms with van der Waals surface area (Å²) < 4.78 is 14.1. The summed E-state index contributed by atoms with van der Waals surface area (Å²) in [5, 5.41) is 13.3. The number of hydrogen-bond donors (Lipinski definition) is 2. The molecule has 4 heterocycles. The first kappa shape index (κ1) is 19.6. The van der Waals surface area contributed by atoms with Gasteiger partial charge < -0.3 is 15.3 Å². The number of aliphatic hydroxyl groups excluding tert-OH is 1. The van der Waals surface area contributed by atoms with Crippen LogP contribution in [-0.4, -0.2) is 55.5 Å². The van der Waals surface area contributed by atoms with E-state index in [0.717, 1.165) is 17.6 Å². The van der Waals surface area contributed by atoms with Crippen molar-refractivity contribution in [2.75, 3.05) is 25.0 Å². The Labute approximate surface area is 170 Å². The van der Waals surface area contributed by atoms with E-state index >= 15 is 0 Å². The number of carbonyl (C=O) groups is 1. The van der Waals surface area contributed by atoms with Gasteiger partial charge >= 0.3 is 0 Å². The minimum Gasteiger partial charge on any atom is -0.396 e. The SMILES string of the molecule is Cc1nc2nc(NC(C)c3cncc(F)c3)nc(C(=O)N3CCC(CO)C3)c2s1. The minimum absolute atomic E-state index is 0.0641. The van der Waals surface area contributed by atoms with Crippen molar-refractivity contribution in [3.05, 3.63) is 40.5 Å². The lowest BCUT2D eigenvalue weighted by Gasteiger charge is -2.18. The van der Waals surface area contributed by atoms with E-state index in [1.54, 1.807) is 11.1 Å². The monoisotopic (exact) mass is 416 g/mol. The maximum atomic E-state index is 13.5. The van der Waals surface area contributed by atoms with E-state index in [4.69, 9.17) is 0 Å². The van der Waals surface area contributed by atoms with E-state index in [1.807, 2.05) is 13.8 Å². The lowest BCUT2D eigenvalue weighted by molar-refractivity contribution is 0.0778. The molecule has 3 aromatic heterocycles. The molecule has 2 atom stereocenters. The number of thiazole rings is 1. The van der Waals surface area contributed by atoms with Crippen molar-refractivity contribution in [3.8, 4) is 0 Å².